The van der Waals surface area contributed by atoms with E-state index in [1.807, 2.05) is 0 Å². The van der Waals surface area contributed by atoms with E-state index in [2.05, 4.69) is 4.74 Å². The van der Waals surface area contributed by atoms with Crippen LogP contribution in [0.3, 0.4) is 0 Å². The van der Waals surface area contributed by atoms with Gasteiger partial charge in [0.05, 0.1) is 5.92 Å². The fourth-order valence-electron chi connectivity index (χ4n) is 0.232. The number of carboxylic acid groups (broad SMARTS) is 1. The second-order valence-corrected chi connectivity index (χ2v) is 2.81. The van der Waals surface area contributed by atoms with Gasteiger partial charge in [-0.25, -0.2) is 0 Å². The fourth-order valence-corrected chi connectivity index (χ4v) is 0.232. The third-order valence-electron chi connectivity index (χ3n) is 1.04. The molecule has 0 bridgehead atoms. The molecule has 14 heavy (non-hydrogen) atoms. The van der Waals surface area contributed by atoms with Crippen molar-refractivity contribution in [2.24, 2.45) is 5.92 Å². The number of ether oxygens (including phenoxy) is 1. The van der Waals surface area contributed by atoms with Crippen molar-refractivity contribution in [1.82, 2.24) is 0 Å². The van der Waals surface area contributed by atoms with E-state index in [0.717, 1.165) is 0 Å². The molecule has 0 unspecified atom stereocenters. The first-order valence-electron chi connectivity index (χ1n) is 4.25. The number of hydrogen-bond acceptors (Lipinski definition) is 4. The normalized spacial score (nSPS) is 8.64. The summed E-state index contributed by atoms with van der Waals surface area (Å²) in [7, 11) is 0. The maximum Gasteiger partial charge on any atom is 0.313 e. The maximum atomic E-state index is 10.2. The molecule has 1 N–H and O–H groups in total. The highest BCUT2D eigenvalue weighted by Crippen LogP contribution is 1.87. The van der Waals surface area contributed by atoms with Crippen molar-refractivity contribution >= 4 is 17.9 Å². The third kappa shape index (κ3) is 13.2. The highest BCUT2D eigenvalue weighted by atomic mass is 16.6. The van der Waals surface area contributed by atoms with E-state index in [1.54, 1.807) is 20.8 Å². The van der Waals surface area contributed by atoms with Gasteiger partial charge in [0.2, 0.25) is 0 Å². The lowest BCUT2D eigenvalue weighted by atomic mass is 10.2. The van der Waals surface area contributed by atoms with Crippen LogP contribution in [0.2, 0.25) is 0 Å². The summed E-state index contributed by atoms with van der Waals surface area (Å²) in [6.45, 7) is 6.11. The van der Waals surface area contributed by atoms with Gasteiger partial charge in [0.25, 0.3) is 0 Å². The first-order valence-corrected chi connectivity index (χ1v) is 4.25. The van der Waals surface area contributed by atoms with Gasteiger partial charge in [0.15, 0.2) is 0 Å². The first-order chi connectivity index (χ1) is 6.31. The quantitative estimate of drug-likeness (QED) is 0.540. The highest BCUT2D eigenvalue weighted by molar-refractivity contribution is 5.83. The predicted octanol–water partition coefficient (Wildman–Crippen LogP) is 1.21. The molecule has 0 rings (SSSR count). The third-order valence-corrected chi connectivity index (χ3v) is 1.04. The Morgan fingerprint density at radius 3 is 1.71 bits per heavy atom. The summed E-state index contributed by atoms with van der Waals surface area (Å²) >= 11 is 0. The zero-order valence-corrected chi connectivity index (χ0v) is 8.86. The molecule has 0 saturated carbocycles. The Hall–Kier alpha value is -1.39. The molecule has 0 atom stereocenters. The molecule has 0 spiro atoms. The molecule has 0 radical (unpaired) electrons. The SMILES string of the molecule is CC(C)C(=O)O.CCC(=O)OC(C)=O. The Bertz CT molecular complexity index is 207. The topological polar surface area (TPSA) is 80.7 Å². The Balaban J connectivity index is 0. The molecule has 0 aromatic rings. The lowest BCUT2D eigenvalue weighted by Crippen LogP contribution is -2.06. The highest BCUT2D eigenvalue weighted by Gasteiger charge is 1.99. The van der Waals surface area contributed by atoms with Crippen LogP contribution in [-0.4, -0.2) is 23.0 Å². The van der Waals surface area contributed by atoms with Crippen LogP contribution in [0.15, 0.2) is 0 Å². The standard InChI is InChI=1S/C5H8O3.C4H8O2/c1-3-5(7)8-4(2)6;1-3(2)4(5)6/h3H2,1-2H3;3H,1-2H3,(H,5,6). The maximum absolute atomic E-state index is 10.2. The molecule has 0 aromatic heterocycles. The Labute approximate surface area is 83.1 Å². The van der Waals surface area contributed by atoms with E-state index >= 15 is 0 Å². The number of carbonyl (C=O) groups is 3. The molecule has 0 aliphatic rings. The second kappa shape index (κ2) is 8.22. The number of carboxylic acids is 1. The fraction of sp³-hybridized carbons (Fsp3) is 0.667. The van der Waals surface area contributed by atoms with Gasteiger partial charge < -0.3 is 9.84 Å². The van der Waals surface area contributed by atoms with Crippen molar-refractivity contribution in [3.05, 3.63) is 0 Å². The van der Waals surface area contributed by atoms with Crippen LogP contribution >= 0.6 is 0 Å². The minimum absolute atomic E-state index is 0.231. The molecule has 0 saturated heterocycles. The Kier molecular flexibility index (Phi) is 8.86. The molecule has 0 aliphatic carbocycles. The van der Waals surface area contributed by atoms with E-state index in [4.69, 9.17) is 5.11 Å². The molecule has 0 heterocycles. The van der Waals surface area contributed by atoms with Gasteiger partial charge in [-0.1, -0.05) is 20.8 Å². The summed E-state index contributed by atoms with van der Waals surface area (Å²) in [6, 6.07) is 0. The summed E-state index contributed by atoms with van der Waals surface area (Å²) in [6.07, 6.45) is 0.250. The van der Waals surface area contributed by atoms with E-state index < -0.39 is 17.9 Å². The van der Waals surface area contributed by atoms with Crippen LogP contribution in [0.1, 0.15) is 34.1 Å². The van der Waals surface area contributed by atoms with E-state index in [0.29, 0.717) is 0 Å². The summed E-state index contributed by atoms with van der Waals surface area (Å²) < 4.78 is 4.12. The minimum Gasteiger partial charge on any atom is -0.481 e. The van der Waals surface area contributed by atoms with Crippen LogP contribution in [0.25, 0.3) is 0 Å². The largest absolute Gasteiger partial charge is 0.481 e. The van der Waals surface area contributed by atoms with E-state index in [9.17, 15) is 14.4 Å². The molecule has 0 aromatic carbocycles. The second-order valence-electron chi connectivity index (χ2n) is 2.81. The molecule has 0 amide bonds. The van der Waals surface area contributed by atoms with Gasteiger partial charge in [0, 0.05) is 13.3 Å². The predicted molar refractivity (Wildman–Crippen MR) is 49.5 cm³/mol. The van der Waals surface area contributed by atoms with Crippen LogP contribution < -0.4 is 0 Å². The van der Waals surface area contributed by atoms with E-state index in [-0.39, 0.29) is 12.3 Å². The molecular weight excluding hydrogens is 188 g/mol. The Morgan fingerprint density at radius 2 is 1.64 bits per heavy atom. The molecular formula is C9H16O5. The monoisotopic (exact) mass is 204 g/mol. The van der Waals surface area contributed by atoms with Gasteiger partial charge in [0.1, 0.15) is 0 Å². The average molecular weight is 204 g/mol. The van der Waals surface area contributed by atoms with Crippen molar-refractivity contribution in [3.8, 4) is 0 Å². The van der Waals surface area contributed by atoms with Crippen LogP contribution in [0.4, 0.5) is 0 Å². The van der Waals surface area contributed by atoms with Gasteiger partial charge in [-0.15, -0.1) is 0 Å². The first kappa shape index (κ1) is 15.1. The van der Waals surface area contributed by atoms with Crippen molar-refractivity contribution < 1.29 is 24.2 Å². The Morgan fingerprint density at radius 1 is 1.29 bits per heavy atom. The zero-order valence-electron chi connectivity index (χ0n) is 8.86. The van der Waals surface area contributed by atoms with Crippen molar-refractivity contribution in [2.75, 3.05) is 0 Å². The number of aliphatic carboxylic acids is 1. The summed E-state index contributed by atoms with van der Waals surface area (Å²) in [5.41, 5.74) is 0. The molecule has 82 valence electrons. The molecule has 0 fully saturated rings. The summed E-state index contributed by atoms with van der Waals surface area (Å²) in [5.74, 6) is -1.99. The smallest absolute Gasteiger partial charge is 0.313 e. The number of carbonyl (C=O) groups excluding carboxylic acids is 2. The lowest BCUT2D eigenvalue weighted by Gasteiger charge is -1.92. The van der Waals surface area contributed by atoms with Gasteiger partial charge in [-0.2, -0.15) is 0 Å². The van der Waals surface area contributed by atoms with Gasteiger partial charge in [-0.05, 0) is 0 Å². The minimum atomic E-state index is -0.741. The van der Waals surface area contributed by atoms with Crippen molar-refractivity contribution in [1.29, 1.82) is 0 Å². The molecule has 5 nitrogen and oxygen atoms in total. The summed E-state index contributed by atoms with van der Waals surface area (Å²) in [5, 5.41) is 7.99. The number of rotatable bonds is 2. The lowest BCUT2D eigenvalue weighted by molar-refractivity contribution is -0.157. The summed E-state index contributed by atoms with van der Waals surface area (Å²) in [4.78, 5) is 29.8. The van der Waals surface area contributed by atoms with Crippen molar-refractivity contribution in [3.63, 3.8) is 0 Å². The van der Waals surface area contributed by atoms with Gasteiger partial charge in [-0.3, -0.25) is 14.4 Å². The average Bonchev–Trinajstić information content (AvgIpc) is 2.04. The van der Waals surface area contributed by atoms with Crippen LogP contribution in [0.5, 0.6) is 0 Å². The van der Waals surface area contributed by atoms with Crippen LogP contribution in [-0.2, 0) is 19.1 Å². The van der Waals surface area contributed by atoms with Gasteiger partial charge >= 0.3 is 17.9 Å². The molecule has 5 heteroatoms. The van der Waals surface area contributed by atoms with E-state index in [1.165, 1.54) is 6.92 Å². The molecule has 0 aliphatic heterocycles. The van der Waals surface area contributed by atoms with Crippen molar-refractivity contribution in [2.45, 2.75) is 34.1 Å². The zero-order chi connectivity index (χ0) is 11.7. The van der Waals surface area contributed by atoms with Crippen LogP contribution in [0, 0.1) is 5.92 Å². The number of hydrogen-bond donors (Lipinski definition) is 1. The number of esters is 2.